The van der Waals surface area contributed by atoms with Crippen molar-refractivity contribution in [1.82, 2.24) is 4.98 Å². The van der Waals surface area contributed by atoms with Crippen molar-refractivity contribution in [2.24, 2.45) is 4.99 Å². The minimum Gasteiger partial charge on any atom is -0.216 e. The van der Waals surface area contributed by atoms with E-state index in [1.165, 1.54) is 17.4 Å². The standard InChI is InChI=1S/C8H3ClN2OS/c9-5-2-1-3-6-7(5)11-8(13-6)10-4-12/h1-3H. The molecule has 0 saturated carbocycles. The van der Waals surface area contributed by atoms with E-state index in [9.17, 15) is 4.79 Å². The van der Waals surface area contributed by atoms with Crippen LogP contribution in [0.2, 0.25) is 5.02 Å². The lowest BCUT2D eigenvalue weighted by Gasteiger charge is -1.87. The molecule has 1 aromatic heterocycles. The fourth-order valence-corrected chi connectivity index (χ4v) is 2.08. The number of aromatic nitrogens is 1. The maximum atomic E-state index is 9.98. The summed E-state index contributed by atoms with van der Waals surface area (Å²) >= 11 is 7.19. The second kappa shape index (κ2) is 3.26. The number of hydrogen-bond acceptors (Lipinski definition) is 4. The Kier molecular flexibility index (Phi) is 2.10. The van der Waals surface area contributed by atoms with Crippen LogP contribution in [0.3, 0.4) is 0 Å². The number of para-hydroxylation sites is 1. The van der Waals surface area contributed by atoms with Crippen LogP contribution in [0, 0.1) is 0 Å². The predicted molar refractivity (Wildman–Crippen MR) is 52.4 cm³/mol. The first-order chi connectivity index (χ1) is 6.31. The topological polar surface area (TPSA) is 42.3 Å². The van der Waals surface area contributed by atoms with Crippen LogP contribution in [0.15, 0.2) is 23.2 Å². The van der Waals surface area contributed by atoms with Gasteiger partial charge in [-0.25, -0.2) is 9.78 Å². The molecule has 0 aliphatic carbocycles. The Hall–Kier alpha value is -1.22. The zero-order valence-electron chi connectivity index (χ0n) is 6.32. The van der Waals surface area contributed by atoms with E-state index in [2.05, 4.69) is 9.98 Å². The van der Waals surface area contributed by atoms with E-state index >= 15 is 0 Å². The highest BCUT2D eigenvalue weighted by molar-refractivity contribution is 7.22. The van der Waals surface area contributed by atoms with Gasteiger partial charge in [0.1, 0.15) is 5.52 Å². The zero-order valence-corrected chi connectivity index (χ0v) is 7.89. The van der Waals surface area contributed by atoms with Gasteiger partial charge in [0.2, 0.25) is 11.2 Å². The first-order valence-electron chi connectivity index (χ1n) is 3.44. The van der Waals surface area contributed by atoms with Crippen molar-refractivity contribution in [3.05, 3.63) is 23.2 Å². The molecule has 0 saturated heterocycles. The number of rotatable bonds is 1. The van der Waals surface area contributed by atoms with Crippen LogP contribution < -0.4 is 0 Å². The second-order valence-corrected chi connectivity index (χ2v) is 3.70. The predicted octanol–water partition coefficient (Wildman–Crippen LogP) is 2.92. The Labute approximate surface area is 82.7 Å². The van der Waals surface area contributed by atoms with E-state index in [0.29, 0.717) is 15.7 Å². The number of halogens is 1. The number of aliphatic imine (C=N–C) groups is 1. The second-order valence-electron chi connectivity index (χ2n) is 2.29. The summed E-state index contributed by atoms with van der Waals surface area (Å²) in [6, 6.07) is 5.46. The molecule has 0 spiro atoms. The third kappa shape index (κ3) is 1.47. The summed E-state index contributed by atoms with van der Waals surface area (Å²) in [7, 11) is 0. The monoisotopic (exact) mass is 210 g/mol. The number of benzene rings is 1. The molecule has 0 aliphatic rings. The first kappa shape index (κ1) is 8.38. The lowest BCUT2D eigenvalue weighted by molar-refractivity contribution is 0.565. The summed E-state index contributed by atoms with van der Waals surface area (Å²) in [5, 5.41) is 0.958. The van der Waals surface area contributed by atoms with E-state index in [0.717, 1.165) is 4.70 Å². The molecule has 0 atom stereocenters. The molecular formula is C8H3ClN2OS. The average Bonchev–Trinajstić information content (AvgIpc) is 2.49. The maximum Gasteiger partial charge on any atom is 0.242 e. The quantitative estimate of drug-likeness (QED) is 0.537. The summed E-state index contributed by atoms with van der Waals surface area (Å²) in [6.07, 6.45) is 1.44. The first-order valence-corrected chi connectivity index (χ1v) is 4.63. The molecule has 64 valence electrons. The molecular weight excluding hydrogens is 208 g/mol. The van der Waals surface area contributed by atoms with Gasteiger partial charge in [0.25, 0.3) is 0 Å². The molecule has 0 amide bonds. The van der Waals surface area contributed by atoms with E-state index in [-0.39, 0.29) is 0 Å². The highest BCUT2D eigenvalue weighted by Gasteiger charge is 2.04. The van der Waals surface area contributed by atoms with Crippen LogP contribution in [-0.4, -0.2) is 11.1 Å². The van der Waals surface area contributed by atoms with Gasteiger partial charge >= 0.3 is 0 Å². The van der Waals surface area contributed by atoms with E-state index < -0.39 is 0 Å². The SMILES string of the molecule is O=C=Nc1nc2c(Cl)cccc2s1. The van der Waals surface area contributed by atoms with Gasteiger partial charge in [-0.15, -0.1) is 4.99 Å². The minimum atomic E-state index is 0.387. The number of fused-ring (bicyclic) bond motifs is 1. The molecule has 0 aliphatic heterocycles. The van der Waals surface area contributed by atoms with Crippen molar-refractivity contribution in [3.8, 4) is 0 Å². The Balaban J connectivity index is 2.75. The lowest BCUT2D eigenvalue weighted by atomic mass is 10.3. The van der Waals surface area contributed by atoms with Crippen LogP contribution >= 0.6 is 22.9 Å². The van der Waals surface area contributed by atoms with Crippen LogP contribution in [0.1, 0.15) is 0 Å². The number of nitrogens with zero attached hydrogens (tertiary/aromatic N) is 2. The van der Waals surface area contributed by atoms with Gasteiger partial charge in [-0.05, 0) is 12.1 Å². The van der Waals surface area contributed by atoms with Crippen molar-refractivity contribution in [1.29, 1.82) is 0 Å². The smallest absolute Gasteiger partial charge is 0.216 e. The Morgan fingerprint density at radius 3 is 3.08 bits per heavy atom. The van der Waals surface area contributed by atoms with Crippen LogP contribution in [0.5, 0.6) is 0 Å². The summed E-state index contributed by atoms with van der Waals surface area (Å²) in [6.45, 7) is 0. The molecule has 0 fully saturated rings. The van der Waals surface area contributed by atoms with Gasteiger partial charge in [-0.2, -0.15) is 0 Å². The number of thiazole rings is 1. The van der Waals surface area contributed by atoms with Crippen LogP contribution in [0.25, 0.3) is 10.2 Å². The highest BCUT2D eigenvalue weighted by atomic mass is 35.5. The summed E-state index contributed by atoms with van der Waals surface area (Å²) < 4.78 is 0.918. The fraction of sp³-hybridized carbons (Fsp3) is 0. The van der Waals surface area contributed by atoms with Crippen molar-refractivity contribution in [3.63, 3.8) is 0 Å². The zero-order chi connectivity index (χ0) is 9.26. The molecule has 5 heteroatoms. The van der Waals surface area contributed by atoms with Crippen molar-refractivity contribution in [2.45, 2.75) is 0 Å². The number of hydrogen-bond donors (Lipinski definition) is 0. The van der Waals surface area contributed by atoms with Crippen molar-refractivity contribution in [2.75, 3.05) is 0 Å². The van der Waals surface area contributed by atoms with Gasteiger partial charge in [0.15, 0.2) is 0 Å². The van der Waals surface area contributed by atoms with Crippen LogP contribution in [-0.2, 0) is 4.79 Å². The summed E-state index contributed by atoms with van der Waals surface area (Å²) in [4.78, 5) is 17.5. The maximum absolute atomic E-state index is 9.98. The third-order valence-corrected chi connectivity index (χ3v) is 2.72. The van der Waals surface area contributed by atoms with Gasteiger partial charge in [-0.1, -0.05) is 29.0 Å². The number of carbonyl (C=O) groups excluding carboxylic acids is 1. The molecule has 0 N–H and O–H groups in total. The molecule has 2 aromatic rings. The van der Waals surface area contributed by atoms with Crippen molar-refractivity contribution >= 4 is 44.4 Å². The van der Waals surface area contributed by atoms with Gasteiger partial charge in [-0.3, -0.25) is 0 Å². The van der Waals surface area contributed by atoms with Gasteiger partial charge in [0.05, 0.1) is 9.72 Å². The van der Waals surface area contributed by atoms with E-state index in [1.54, 1.807) is 6.07 Å². The molecule has 13 heavy (non-hydrogen) atoms. The molecule has 0 unspecified atom stereocenters. The molecule has 1 aromatic carbocycles. The van der Waals surface area contributed by atoms with Crippen molar-refractivity contribution < 1.29 is 4.79 Å². The van der Waals surface area contributed by atoms with E-state index in [4.69, 9.17) is 11.6 Å². The molecule has 1 heterocycles. The summed E-state index contributed by atoms with van der Waals surface area (Å²) in [5.41, 5.74) is 0.683. The Morgan fingerprint density at radius 1 is 1.54 bits per heavy atom. The minimum absolute atomic E-state index is 0.387. The van der Waals surface area contributed by atoms with Crippen LogP contribution in [0.4, 0.5) is 5.13 Å². The normalized spacial score (nSPS) is 9.92. The fourth-order valence-electron chi connectivity index (χ4n) is 0.990. The van der Waals surface area contributed by atoms with Gasteiger partial charge < -0.3 is 0 Å². The highest BCUT2D eigenvalue weighted by Crippen LogP contribution is 2.31. The molecule has 3 nitrogen and oxygen atoms in total. The Morgan fingerprint density at radius 2 is 2.38 bits per heavy atom. The Bertz CT molecular complexity index is 502. The lowest BCUT2D eigenvalue weighted by Crippen LogP contribution is -1.68. The van der Waals surface area contributed by atoms with E-state index in [1.807, 2.05) is 12.1 Å². The molecule has 2 rings (SSSR count). The average molecular weight is 211 g/mol. The number of isocyanates is 1. The molecule has 0 radical (unpaired) electrons. The third-order valence-electron chi connectivity index (χ3n) is 1.50. The summed E-state index contributed by atoms with van der Waals surface area (Å²) in [5.74, 6) is 0. The largest absolute Gasteiger partial charge is 0.242 e. The van der Waals surface area contributed by atoms with Gasteiger partial charge in [0, 0.05) is 0 Å². The molecule has 0 bridgehead atoms.